The van der Waals surface area contributed by atoms with E-state index in [1.807, 2.05) is 35.8 Å². The third-order valence-electron chi connectivity index (χ3n) is 6.20. The highest BCUT2D eigenvalue weighted by atomic mass is 16.6. The van der Waals surface area contributed by atoms with Gasteiger partial charge in [-0.25, -0.2) is 14.4 Å². The molecule has 12 heteroatoms. The van der Waals surface area contributed by atoms with Crippen LogP contribution in [0.15, 0.2) is 115 Å². The molecule has 4 rings (SSSR count). The lowest BCUT2D eigenvalue weighted by atomic mass is 10.1. The molecule has 0 spiro atoms. The molecule has 12 nitrogen and oxygen atoms in total. The minimum atomic E-state index is -2.28. The number of esters is 2. The number of carbonyl (C=O) groups is 6. The van der Waals surface area contributed by atoms with E-state index in [0.717, 1.165) is 5.56 Å². The van der Waals surface area contributed by atoms with Crippen molar-refractivity contribution in [1.82, 2.24) is 10.9 Å². The number of rotatable bonds is 11. The Morgan fingerprint density at radius 3 is 1.58 bits per heavy atom. The van der Waals surface area contributed by atoms with E-state index in [2.05, 4.69) is 10.7 Å². The Bertz CT molecular complexity index is 1660. The molecule has 3 amide bonds. The molecule has 0 radical (unpaired) electrons. The first-order valence-corrected chi connectivity index (χ1v) is 13.5. The van der Waals surface area contributed by atoms with Crippen LogP contribution in [0.5, 0.6) is 0 Å². The summed E-state index contributed by atoms with van der Waals surface area (Å²) in [5.74, 6) is -6.30. The van der Waals surface area contributed by atoms with Crippen molar-refractivity contribution >= 4 is 41.3 Å². The van der Waals surface area contributed by atoms with Gasteiger partial charge in [-0.3, -0.25) is 25.2 Å². The quantitative estimate of drug-likeness (QED) is 0.147. The van der Waals surface area contributed by atoms with Crippen LogP contribution in [0, 0.1) is 0 Å². The summed E-state index contributed by atoms with van der Waals surface area (Å²) in [6.45, 7) is 0. The number of nitrogens with one attached hydrogen (secondary N) is 3. The lowest BCUT2D eigenvalue weighted by Crippen LogP contribution is -2.54. The number of aliphatic carboxylic acids is 1. The summed E-state index contributed by atoms with van der Waals surface area (Å²) in [4.78, 5) is 75.7. The zero-order chi connectivity index (χ0) is 32.2. The van der Waals surface area contributed by atoms with Crippen molar-refractivity contribution in [2.24, 2.45) is 0 Å². The average Bonchev–Trinajstić information content (AvgIpc) is 3.06. The van der Waals surface area contributed by atoms with Crippen molar-refractivity contribution in [3.63, 3.8) is 0 Å². The Morgan fingerprint density at radius 1 is 0.578 bits per heavy atom. The van der Waals surface area contributed by atoms with E-state index in [4.69, 9.17) is 9.47 Å². The lowest BCUT2D eigenvalue weighted by molar-refractivity contribution is -0.159. The van der Waals surface area contributed by atoms with Gasteiger partial charge in [-0.1, -0.05) is 66.7 Å². The molecule has 2 atom stereocenters. The van der Waals surface area contributed by atoms with Crippen LogP contribution in [0.3, 0.4) is 0 Å². The normalized spacial score (nSPS) is 11.6. The Morgan fingerprint density at radius 2 is 1.07 bits per heavy atom. The van der Waals surface area contributed by atoms with Crippen LogP contribution < -0.4 is 16.2 Å². The summed E-state index contributed by atoms with van der Waals surface area (Å²) in [6.07, 6.45) is -4.32. The second kappa shape index (κ2) is 15.3. The first-order valence-electron chi connectivity index (χ1n) is 13.5. The minimum absolute atomic E-state index is 0.00573. The van der Waals surface area contributed by atoms with Crippen molar-refractivity contribution in [3.8, 4) is 0 Å². The van der Waals surface area contributed by atoms with Gasteiger partial charge in [-0.2, -0.15) is 0 Å². The maximum atomic E-state index is 13.1. The number of ether oxygens (including phenoxy) is 2. The smallest absolute Gasteiger partial charge is 0.349 e. The van der Waals surface area contributed by atoms with Gasteiger partial charge >= 0.3 is 17.9 Å². The summed E-state index contributed by atoms with van der Waals surface area (Å²) < 4.78 is 10.3. The van der Waals surface area contributed by atoms with Gasteiger partial charge in [0.25, 0.3) is 11.8 Å². The molecule has 228 valence electrons. The molecule has 0 unspecified atom stereocenters. The van der Waals surface area contributed by atoms with Crippen molar-refractivity contribution in [2.45, 2.75) is 18.6 Å². The summed E-state index contributed by atoms with van der Waals surface area (Å²) in [6, 6.07) is 29.7. The Kier molecular flexibility index (Phi) is 10.7. The van der Waals surface area contributed by atoms with E-state index in [9.17, 15) is 33.9 Å². The molecule has 0 aliphatic rings. The van der Waals surface area contributed by atoms with Gasteiger partial charge < -0.3 is 19.9 Å². The third kappa shape index (κ3) is 9.09. The number of carboxylic acid groups (broad SMARTS) is 1. The van der Waals surface area contributed by atoms with E-state index in [1.165, 1.54) is 72.8 Å². The number of hydrazine groups is 1. The Hall–Kier alpha value is -6.30. The number of anilines is 1. The highest BCUT2D eigenvalue weighted by Crippen LogP contribution is 2.14. The lowest BCUT2D eigenvalue weighted by Gasteiger charge is -2.23. The van der Waals surface area contributed by atoms with Crippen LogP contribution in [0.1, 0.15) is 36.6 Å². The van der Waals surface area contributed by atoms with Crippen molar-refractivity contribution in [1.29, 1.82) is 0 Å². The number of carbonyl (C=O) groups excluding carboxylic acids is 5. The maximum absolute atomic E-state index is 13.1. The molecule has 0 bridgehead atoms. The molecule has 0 heterocycles. The summed E-state index contributed by atoms with van der Waals surface area (Å²) in [7, 11) is 0. The summed E-state index contributed by atoms with van der Waals surface area (Å²) in [5.41, 5.74) is 5.44. The third-order valence-corrected chi connectivity index (χ3v) is 6.20. The predicted octanol–water partition coefficient (Wildman–Crippen LogP) is 3.16. The number of hydrogen-bond donors (Lipinski definition) is 4. The van der Waals surface area contributed by atoms with E-state index in [1.54, 1.807) is 12.1 Å². The van der Waals surface area contributed by atoms with Gasteiger partial charge in [0.15, 0.2) is 0 Å². The molecule has 4 N–H and O–H groups in total. The second-order valence-electron chi connectivity index (χ2n) is 9.45. The van der Waals surface area contributed by atoms with Crippen LogP contribution >= 0.6 is 0 Å². The number of amides is 3. The van der Waals surface area contributed by atoms with Gasteiger partial charge in [0.05, 0.1) is 17.5 Å². The topological polar surface area (TPSA) is 177 Å². The summed E-state index contributed by atoms with van der Waals surface area (Å²) >= 11 is 0. The SMILES string of the molecule is O=C(Cc1ccccc1)Nc1ccc(C(=O)NNC(=O)[C@H](OC(=O)c2ccccc2)[C@@H](OC(=O)c2ccccc2)C(=O)O)cc1. The monoisotopic (exact) mass is 609 g/mol. The van der Waals surface area contributed by atoms with Crippen molar-refractivity contribution < 1.29 is 43.3 Å². The van der Waals surface area contributed by atoms with E-state index >= 15 is 0 Å². The molecule has 0 aromatic heterocycles. The van der Waals surface area contributed by atoms with Gasteiger partial charge in [0.2, 0.25) is 18.1 Å². The molecule has 45 heavy (non-hydrogen) atoms. The van der Waals surface area contributed by atoms with Gasteiger partial charge in [-0.05, 0) is 54.1 Å². The largest absolute Gasteiger partial charge is 0.478 e. The standard InChI is InChI=1S/C33H27N3O9/c37-26(20-21-10-4-1-5-11-21)34-25-18-16-22(17-19-25)29(38)35-36-30(39)27(44-32(42)23-12-6-2-7-13-23)28(31(40)41)45-33(43)24-14-8-3-9-15-24/h1-19,27-28H,20H2,(H,34,37)(H,35,38)(H,36,39)(H,40,41)/t27-,28-/m1/s1. The molecular weight excluding hydrogens is 582 g/mol. The highest BCUT2D eigenvalue weighted by Gasteiger charge is 2.41. The molecule has 0 saturated carbocycles. The van der Waals surface area contributed by atoms with E-state index < -0.39 is 41.9 Å². The molecule has 0 aliphatic carbocycles. The first-order chi connectivity index (χ1) is 21.7. The van der Waals surface area contributed by atoms with E-state index in [0.29, 0.717) is 5.69 Å². The first kappa shape index (κ1) is 31.6. The van der Waals surface area contributed by atoms with Crippen molar-refractivity contribution in [2.75, 3.05) is 5.32 Å². The maximum Gasteiger partial charge on any atom is 0.349 e. The van der Waals surface area contributed by atoms with Crippen LogP contribution in [0.25, 0.3) is 0 Å². The van der Waals surface area contributed by atoms with Gasteiger partial charge in [-0.15, -0.1) is 0 Å². The Labute approximate surface area is 256 Å². The molecule has 0 saturated heterocycles. The summed E-state index contributed by atoms with van der Waals surface area (Å²) in [5, 5.41) is 12.6. The van der Waals surface area contributed by atoms with Crippen LogP contribution in [0.4, 0.5) is 5.69 Å². The second-order valence-corrected chi connectivity index (χ2v) is 9.45. The van der Waals surface area contributed by atoms with Crippen LogP contribution in [-0.2, 0) is 30.3 Å². The number of carboxylic acids is 1. The zero-order valence-electron chi connectivity index (χ0n) is 23.5. The fourth-order valence-electron chi connectivity index (χ4n) is 3.96. The molecule has 0 aliphatic heterocycles. The van der Waals surface area contributed by atoms with Crippen LogP contribution in [0.2, 0.25) is 0 Å². The van der Waals surface area contributed by atoms with Gasteiger partial charge in [0.1, 0.15) is 0 Å². The average molecular weight is 610 g/mol. The number of hydrogen-bond acceptors (Lipinski definition) is 8. The minimum Gasteiger partial charge on any atom is -0.478 e. The van der Waals surface area contributed by atoms with Crippen molar-refractivity contribution in [3.05, 3.63) is 138 Å². The molecule has 4 aromatic carbocycles. The Balaban J connectivity index is 1.43. The molecule has 0 fully saturated rings. The number of benzene rings is 4. The zero-order valence-corrected chi connectivity index (χ0v) is 23.5. The fourth-order valence-corrected chi connectivity index (χ4v) is 3.96. The van der Waals surface area contributed by atoms with Crippen LogP contribution in [-0.4, -0.2) is 52.9 Å². The van der Waals surface area contributed by atoms with Gasteiger partial charge in [0, 0.05) is 11.3 Å². The fraction of sp³-hybridized carbons (Fsp3) is 0.0909. The predicted molar refractivity (Wildman–Crippen MR) is 160 cm³/mol. The molecule has 4 aromatic rings. The van der Waals surface area contributed by atoms with E-state index in [-0.39, 0.29) is 29.0 Å². The highest BCUT2D eigenvalue weighted by molar-refractivity contribution is 5.99. The molecular formula is C33H27N3O9.